The fourth-order valence-electron chi connectivity index (χ4n) is 3.00. The number of carboxylic acid groups (broad SMARTS) is 1. The van der Waals surface area contributed by atoms with Crippen LogP contribution in [0.4, 0.5) is 29.3 Å². The number of amides is 2. The third-order valence-electron chi connectivity index (χ3n) is 4.53. The second-order valence-electron chi connectivity index (χ2n) is 6.96. The van der Waals surface area contributed by atoms with Gasteiger partial charge in [-0.25, -0.2) is 19.3 Å². The number of ether oxygens (including phenoxy) is 1. The quantitative estimate of drug-likeness (QED) is 0.358. The molecule has 0 saturated carbocycles. The molecule has 0 aliphatic heterocycles. The van der Waals surface area contributed by atoms with E-state index >= 15 is 0 Å². The van der Waals surface area contributed by atoms with Crippen molar-refractivity contribution in [3.63, 3.8) is 0 Å². The number of urea groups is 1. The molecular weight excluding hydrogens is 469 g/mol. The van der Waals surface area contributed by atoms with Crippen molar-refractivity contribution >= 4 is 23.4 Å². The lowest BCUT2D eigenvalue weighted by molar-refractivity contribution is -0.137. The Morgan fingerprint density at radius 1 is 0.914 bits per heavy atom. The summed E-state index contributed by atoms with van der Waals surface area (Å²) in [6.07, 6.45) is -0.870. The zero-order valence-electron chi connectivity index (χ0n) is 17.5. The normalized spacial score (nSPS) is 11.1. The highest BCUT2D eigenvalue weighted by Gasteiger charge is 2.34. The maximum atomic E-state index is 13.5. The van der Waals surface area contributed by atoms with E-state index in [4.69, 9.17) is 9.84 Å². The van der Waals surface area contributed by atoms with Crippen LogP contribution in [0.3, 0.4) is 0 Å². The van der Waals surface area contributed by atoms with E-state index in [2.05, 4.69) is 25.9 Å². The number of carbonyl (C=O) groups excluding carboxylic acids is 1. The third-order valence-corrected chi connectivity index (χ3v) is 4.53. The number of benzene rings is 2. The molecule has 0 atom stereocenters. The summed E-state index contributed by atoms with van der Waals surface area (Å²) in [5.74, 6) is -0.584. The van der Waals surface area contributed by atoms with Crippen molar-refractivity contribution in [1.82, 2.24) is 20.0 Å². The number of hydrogen-bond acceptors (Lipinski definition) is 6. The average Bonchev–Trinajstić information content (AvgIpc) is 3.35. The van der Waals surface area contributed by atoms with Crippen molar-refractivity contribution in [2.24, 2.45) is 0 Å². The van der Waals surface area contributed by atoms with E-state index in [0.29, 0.717) is 11.4 Å². The minimum atomic E-state index is -4.69. The number of rotatable bonds is 6. The highest BCUT2D eigenvalue weighted by atomic mass is 19.4. The smallest absolute Gasteiger partial charge is 0.418 e. The van der Waals surface area contributed by atoms with Gasteiger partial charge in [0.05, 0.1) is 23.6 Å². The van der Waals surface area contributed by atoms with Gasteiger partial charge in [-0.2, -0.15) is 13.2 Å². The molecule has 0 spiro atoms. The molecule has 2 aromatic carbocycles. The van der Waals surface area contributed by atoms with Crippen LogP contribution in [0, 0.1) is 0 Å². The first-order valence-electron chi connectivity index (χ1n) is 9.82. The zero-order valence-corrected chi connectivity index (χ0v) is 17.5. The van der Waals surface area contributed by atoms with Crippen LogP contribution in [0.25, 0.3) is 5.69 Å². The van der Waals surface area contributed by atoms with Crippen LogP contribution < -0.4 is 15.4 Å². The lowest BCUT2D eigenvalue weighted by Gasteiger charge is -2.15. The van der Waals surface area contributed by atoms with Gasteiger partial charge in [0.15, 0.2) is 5.69 Å². The predicted octanol–water partition coefficient (Wildman–Crippen LogP) is 4.82. The van der Waals surface area contributed by atoms with Crippen LogP contribution in [0.5, 0.6) is 11.5 Å². The van der Waals surface area contributed by atoms with Crippen molar-refractivity contribution in [3.8, 4) is 17.2 Å². The molecule has 0 fully saturated rings. The van der Waals surface area contributed by atoms with Gasteiger partial charge in [0, 0.05) is 23.6 Å². The molecule has 0 unspecified atom stereocenters. The first-order valence-corrected chi connectivity index (χ1v) is 9.82. The van der Waals surface area contributed by atoms with Crippen LogP contribution in [0.2, 0.25) is 0 Å². The second-order valence-corrected chi connectivity index (χ2v) is 6.96. The number of pyridine rings is 1. The van der Waals surface area contributed by atoms with Crippen molar-refractivity contribution in [1.29, 1.82) is 0 Å². The molecule has 0 aliphatic carbocycles. The highest BCUT2D eigenvalue weighted by molar-refractivity contribution is 5.99. The molecule has 2 aromatic heterocycles. The van der Waals surface area contributed by atoms with Gasteiger partial charge in [0.25, 0.3) is 0 Å². The van der Waals surface area contributed by atoms with E-state index in [-0.39, 0.29) is 22.8 Å². The fourth-order valence-corrected chi connectivity index (χ4v) is 3.00. The average molecular weight is 484 g/mol. The highest BCUT2D eigenvalue weighted by Crippen LogP contribution is 2.35. The molecule has 0 saturated heterocycles. The number of halogens is 3. The van der Waals surface area contributed by atoms with Crippen LogP contribution in [0.1, 0.15) is 16.1 Å². The van der Waals surface area contributed by atoms with Crippen molar-refractivity contribution in [2.45, 2.75) is 6.18 Å². The topological polar surface area (TPSA) is 131 Å². The Labute approximate surface area is 195 Å². The van der Waals surface area contributed by atoms with Crippen LogP contribution in [0.15, 0.2) is 73.2 Å². The maximum absolute atomic E-state index is 13.5. The van der Waals surface area contributed by atoms with Crippen molar-refractivity contribution in [3.05, 3.63) is 84.4 Å². The van der Waals surface area contributed by atoms with E-state index in [1.165, 1.54) is 67.1 Å². The van der Waals surface area contributed by atoms with E-state index in [1.54, 1.807) is 0 Å². The Morgan fingerprint density at radius 2 is 1.63 bits per heavy atom. The number of anilines is 2. The molecule has 3 N–H and O–H groups in total. The fraction of sp³-hybridized carbons (Fsp3) is 0.0455. The van der Waals surface area contributed by atoms with Gasteiger partial charge in [0.1, 0.15) is 11.5 Å². The largest absolute Gasteiger partial charge is 0.477 e. The Balaban J connectivity index is 1.42. The Morgan fingerprint density at radius 3 is 2.29 bits per heavy atom. The third kappa shape index (κ3) is 5.71. The number of carbonyl (C=O) groups is 2. The number of hydrogen-bond donors (Lipinski definition) is 3. The summed E-state index contributed by atoms with van der Waals surface area (Å²) in [4.78, 5) is 27.0. The minimum absolute atomic E-state index is 0.0782. The molecule has 0 aliphatic rings. The molecule has 2 amide bonds. The van der Waals surface area contributed by atoms with Gasteiger partial charge in [0.2, 0.25) is 0 Å². The monoisotopic (exact) mass is 484 g/mol. The SMILES string of the molecule is O=C(Nc1ccc(Oc2ccnc(C(=O)O)c2)cc1)Nc1ccc(-n2ccnn2)c(C(F)(F)F)c1. The molecule has 13 heteroatoms. The lowest BCUT2D eigenvalue weighted by atomic mass is 10.1. The Kier molecular flexibility index (Phi) is 6.31. The van der Waals surface area contributed by atoms with Crippen molar-refractivity contribution < 1.29 is 32.6 Å². The van der Waals surface area contributed by atoms with Gasteiger partial charge in [-0.1, -0.05) is 5.21 Å². The summed E-state index contributed by atoms with van der Waals surface area (Å²) in [5, 5.41) is 20.9. The molecular formula is C22H15F3N6O4. The van der Waals surface area contributed by atoms with Crippen LogP contribution in [-0.4, -0.2) is 37.1 Å². The summed E-state index contributed by atoms with van der Waals surface area (Å²) < 4.78 is 47.1. The zero-order chi connectivity index (χ0) is 25.0. The number of aromatic nitrogens is 4. The van der Waals surface area contributed by atoms with Crippen LogP contribution >= 0.6 is 0 Å². The van der Waals surface area contributed by atoms with E-state index in [9.17, 15) is 22.8 Å². The van der Waals surface area contributed by atoms with Crippen molar-refractivity contribution in [2.75, 3.05) is 10.6 Å². The molecule has 10 nitrogen and oxygen atoms in total. The van der Waals surface area contributed by atoms with Gasteiger partial charge >= 0.3 is 18.2 Å². The molecule has 4 aromatic rings. The predicted molar refractivity (Wildman–Crippen MR) is 117 cm³/mol. The van der Waals surface area contributed by atoms with E-state index in [1.807, 2.05) is 0 Å². The molecule has 0 radical (unpaired) electrons. The number of alkyl halides is 3. The standard InChI is InChI=1S/C22H15F3N6O4/c23-22(24,25)17-11-14(3-6-19(17)31-10-9-27-30-31)29-21(34)28-13-1-4-15(5-2-13)35-16-7-8-26-18(12-16)20(32)33/h1-12H,(H,32,33)(H2,28,29,34). The summed E-state index contributed by atoms with van der Waals surface area (Å²) in [6, 6.07) is 11.3. The Bertz CT molecular complexity index is 1360. The van der Waals surface area contributed by atoms with E-state index < -0.39 is 23.7 Å². The molecule has 2 heterocycles. The molecule has 35 heavy (non-hydrogen) atoms. The summed E-state index contributed by atoms with van der Waals surface area (Å²) in [6.45, 7) is 0. The molecule has 178 valence electrons. The molecule has 4 rings (SSSR count). The summed E-state index contributed by atoms with van der Waals surface area (Å²) >= 11 is 0. The molecule has 0 bridgehead atoms. The summed E-state index contributed by atoms with van der Waals surface area (Å²) in [7, 11) is 0. The van der Waals surface area contributed by atoms with Gasteiger partial charge < -0.3 is 20.5 Å². The number of carboxylic acids is 1. The first-order chi connectivity index (χ1) is 16.7. The van der Waals surface area contributed by atoms with E-state index in [0.717, 1.165) is 10.7 Å². The maximum Gasteiger partial charge on any atom is 0.418 e. The number of nitrogens with zero attached hydrogens (tertiary/aromatic N) is 4. The van der Waals surface area contributed by atoms with Gasteiger partial charge in [-0.15, -0.1) is 5.10 Å². The van der Waals surface area contributed by atoms with Crippen LogP contribution in [-0.2, 0) is 6.18 Å². The van der Waals surface area contributed by atoms with Gasteiger partial charge in [-0.3, -0.25) is 0 Å². The summed E-state index contributed by atoms with van der Waals surface area (Å²) in [5.41, 5.74) is -1.15. The number of aromatic carboxylic acids is 1. The van der Waals surface area contributed by atoms with Gasteiger partial charge in [-0.05, 0) is 48.5 Å². The minimum Gasteiger partial charge on any atom is -0.477 e. The lowest BCUT2D eigenvalue weighted by Crippen LogP contribution is -2.20. The second kappa shape index (κ2) is 9.51. The first kappa shape index (κ1) is 23.2. The Hall–Kier alpha value is -4.94. The number of nitrogens with one attached hydrogen (secondary N) is 2.